The van der Waals surface area contributed by atoms with Crippen LogP contribution in [0.4, 0.5) is 0 Å². The molecule has 0 aromatic rings. The molecule has 1 aliphatic rings. The molecule has 1 aliphatic heterocycles. The topological polar surface area (TPSA) is 20.3 Å². The molecule has 0 spiro atoms. The predicted octanol–water partition coefficient (Wildman–Crippen LogP) is 1.96. The lowest BCUT2D eigenvalue weighted by Gasteiger charge is -2.37. The van der Waals surface area contributed by atoms with Crippen LogP contribution in [0.2, 0.25) is 0 Å². The zero-order valence-corrected chi connectivity index (χ0v) is 8.35. The van der Waals surface area contributed by atoms with E-state index in [1.807, 2.05) is 17.9 Å². The molecule has 1 amide bonds. The number of carbonyl (C=O) groups is 1. The molecule has 0 bridgehead atoms. The molecule has 2 heteroatoms. The van der Waals surface area contributed by atoms with Crippen molar-refractivity contribution in [1.29, 1.82) is 0 Å². The number of carbonyl (C=O) groups excluding carboxylic acids is 1. The molecular formula is C10H17NO. The fourth-order valence-corrected chi connectivity index (χ4v) is 1.45. The fourth-order valence-electron chi connectivity index (χ4n) is 1.45. The van der Waals surface area contributed by atoms with Gasteiger partial charge in [-0.3, -0.25) is 4.79 Å². The van der Waals surface area contributed by atoms with Gasteiger partial charge in [0.25, 0.3) is 0 Å². The highest BCUT2D eigenvalue weighted by Crippen LogP contribution is 2.20. The second kappa shape index (κ2) is 2.92. The Balaban J connectivity index is 2.83. The van der Waals surface area contributed by atoms with Gasteiger partial charge in [0.15, 0.2) is 0 Å². The summed E-state index contributed by atoms with van der Waals surface area (Å²) in [5, 5.41) is 0. The van der Waals surface area contributed by atoms with E-state index in [0.717, 1.165) is 18.5 Å². The van der Waals surface area contributed by atoms with Gasteiger partial charge in [-0.2, -0.15) is 0 Å². The molecular weight excluding hydrogens is 150 g/mol. The van der Waals surface area contributed by atoms with Crippen LogP contribution in [0.3, 0.4) is 0 Å². The third kappa shape index (κ3) is 1.68. The molecule has 1 heterocycles. The lowest BCUT2D eigenvalue weighted by atomic mass is 10.0. The summed E-state index contributed by atoms with van der Waals surface area (Å²) in [6.07, 6.45) is 3.01. The summed E-state index contributed by atoms with van der Waals surface area (Å²) in [4.78, 5) is 13.6. The normalized spacial score (nSPS) is 19.5. The quantitative estimate of drug-likeness (QED) is 0.540. The standard InChI is InChI=1S/C10H17NO/c1-8-6-5-7-11(9(8)12)10(2,3)4/h6H,5,7H2,1-4H3. The highest BCUT2D eigenvalue weighted by molar-refractivity contribution is 5.94. The average Bonchev–Trinajstić information content (AvgIpc) is 1.92. The van der Waals surface area contributed by atoms with Crippen molar-refractivity contribution in [2.45, 2.75) is 39.7 Å². The summed E-state index contributed by atoms with van der Waals surface area (Å²) in [5.74, 6) is 0.189. The van der Waals surface area contributed by atoms with Crippen LogP contribution >= 0.6 is 0 Å². The van der Waals surface area contributed by atoms with Crippen LogP contribution in [0.15, 0.2) is 11.6 Å². The minimum absolute atomic E-state index is 0.0351. The largest absolute Gasteiger partial charge is 0.334 e. The summed E-state index contributed by atoms with van der Waals surface area (Å²) >= 11 is 0. The Labute approximate surface area is 74.2 Å². The van der Waals surface area contributed by atoms with Gasteiger partial charge in [-0.1, -0.05) is 6.08 Å². The predicted molar refractivity (Wildman–Crippen MR) is 49.8 cm³/mol. The third-order valence-corrected chi connectivity index (χ3v) is 2.20. The maximum Gasteiger partial charge on any atom is 0.249 e. The Morgan fingerprint density at radius 3 is 2.42 bits per heavy atom. The van der Waals surface area contributed by atoms with Crippen molar-refractivity contribution >= 4 is 5.91 Å². The highest BCUT2D eigenvalue weighted by atomic mass is 16.2. The van der Waals surface area contributed by atoms with Crippen molar-refractivity contribution in [2.75, 3.05) is 6.54 Å². The Morgan fingerprint density at radius 1 is 1.42 bits per heavy atom. The SMILES string of the molecule is CC1=CCCN(C(C)(C)C)C1=O. The molecule has 0 unspecified atom stereocenters. The molecule has 0 aromatic heterocycles. The molecule has 0 fully saturated rings. The average molecular weight is 167 g/mol. The number of amides is 1. The van der Waals surface area contributed by atoms with E-state index in [9.17, 15) is 4.79 Å². The fraction of sp³-hybridized carbons (Fsp3) is 0.700. The van der Waals surface area contributed by atoms with Crippen molar-refractivity contribution in [1.82, 2.24) is 4.90 Å². The van der Waals surface area contributed by atoms with E-state index in [1.165, 1.54) is 0 Å². The smallest absolute Gasteiger partial charge is 0.249 e. The van der Waals surface area contributed by atoms with Gasteiger partial charge >= 0.3 is 0 Å². The molecule has 0 aromatic carbocycles. The van der Waals surface area contributed by atoms with Gasteiger partial charge in [0.2, 0.25) is 5.91 Å². The van der Waals surface area contributed by atoms with Gasteiger partial charge in [-0.15, -0.1) is 0 Å². The van der Waals surface area contributed by atoms with Crippen LogP contribution in [0.1, 0.15) is 34.1 Å². The number of hydrogen-bond acceptors (Lipinski definition) is 1. The molecule has 0 radical (unpaired) electrons. The maximum absolute atomic E-state index is 11.6. The molecule has 2 nitrogen and oxygen atoms in total. The number of rotatable bonds is 0. The van der Waals surface area contributed by atoms with E-state index < -0.39 is 0 Å². The zero-order chi connectivity index (χ0) is 9.35. The van der Waals surface area contributed by atoms with Crippen molar-refractivity contribution in [3.63, 3.8) is 0 Å². The van der Waals surface area contributed by atoms with Crippen LogP contribution in [0.25, 0.3) is 0 Å². The first-order valence-electron chi connectivity index (χ1n) is 4.41. The molecule has 1 rings (SSSR count). The van der Waals surface area contributed by atoms with Crippen LogP contribution in [0.5, 0.6) is 0 Å². The minimum Gasteiger partial charge on any atom is -0.334 e. The molecule has 0 aliphatic carbocycles. The van der Waals surface area contributed by atoms with Gasteiger partial charge in [0, 0.05) is 17.7 Å². The van der Waals surface area contributed by atoms with Crippen LogP contribution < -0.4 is 0 Å². The summed E-state index contributed by atoms with van der Waals surface area (Å²) < 4.78 is 0. The summed E-state index contributed by atoms with van der Waals surface area (Å²) in [6.45, 7) is 8.97. The summed E-state index contributed by atoms with van der Waals surface area (Å²) in [5.41, 5.74) is 0.850. The second-order valence-electron chi connectivity index (χ2n) is 4.30. The van der Waals surface area contributed by atoms with Crippen molar-refractivity contribution in [3.05, 3.63) is 11.6 Å². The lowest BCUT2D eigenvalue weighted by Crippen LogP contribution is -2.47. The molecule has 0 saturated heterocycles. The molecule has 0 N–H and O–H groups in total. The van der Waals surface area contributed by atoms with Crippen molar-refractivity contribution in [3.8, 4) is 0 Å². The third-order valence-electron chi connectivity index (χ3n) is 2.20. The maximum atomic E-state index is 11.6. The Hall–Kier alpha value is -0.790. The van der Waals surface area contributed by atoms with Gasteiger partial charge < -0.3 is 4.90 Å². The van der Waals surface area contributed by atoms with E-state index >= 15 is 0 Å². The molecule has 0 atom stereocenters. The second-order valence-corrected chi connectivity index (χ2v) is 4.30. The first-order chi connectivity index (χ1) is 5.43. The highest BCUT2D eigenvalue weighted by Gasteiger charge is 2.28. The van der Waals surface area contributed by atoms with E-state index in [1.54, 1.807) is 0 Å². The minimum atomic E-state index is -0.0351. The molecule has 12 heavy (non-hydrogen) atoms. The number of nitrogens with zero attached hydrogens (tertiary/aromatic N) is 1. The molecule has 68 valence electrons. The van der Waals surface area contributed by atoms with Crippen LogP contribution in [-0.4, -0.2) is 22.9 Å². The van der Waals surface area contributed by atoms with E-state index in [2.05, 4.69) is 20.8 Å². The van der Waals surface area contributed by atoms with Crippen LogP contribution in [-0.2, 0) is 4.79 Å². The van der Waals surface area contributed by atoms with Crippen molar-refractivity contribution in [2.24, 2.45) is 0 Å². The Bertz CT molecular complexity index is 222. The van der Waals surface area contributed by atoms with E-state index in [4.69, 9.17) is 0 Å². The monoisotopic (exact) mass is 167 g/mol. The zero-order valence-electron chi connectivity index (χ0n) is 8.35. The van der Waals surface area contributed by atoms with Gasteiger partial charge in [0.1, 0.15) is 0 Å². The van der Waals surface area contributed by atoms with Gasteiger partial charge in [0.05, 0.1) is 0 Å². The molecule has 0 saturated carbocycles. The van der Waals surface area contributed by atoms with Gasteiger partial charge in [-0.25, -0.2) is 0 Å². The summed E-state index contributed by atoms with van der Waals surface area (Å²) in [7, 11) is 0. The van der Waals surface area contributed by atoms with E-state index in [-0.39, 0.29) is 11.4 Å². The first-order valence-corrected chi connectivity index (χ1v) is 4.41. The Kier molecular flexibility index (Phi) is 2.27. The summed E-state index contributed by atoms with van der Waals surface area (Å²) in [6, 6.07) is 0. The van der Waals surface area contributed by atoms with Gasteiger partial charge in [-0.05, 0) is 34.1 Å². The lowest BCUT2D eigenvalue weighted by molar-refractivity contribution is -0.132. The van der Waals surface area contributed by atoms with Crippen molar-refractivity contribution < 1.29 is 4.79 Å². The van der Waals surface area contributed by atoms with Crippen LogP contribution in [0, 0.1) is 0 Å². The Morgan fingerprint density at radius 2 is 2.00 bits per heavy atom. The first kappa shape index (κ1) is 9.30. The van der Waals surface area contributed by atoms with E-state index in [0.29, 0.717) is 0 Å². The number of hydrogen-bond donors (Lipinski definition) is 0.